The molecule has 31 heavy (non-hydrogen) atoms. The van der Waals surface area contributed by atoms with Gasteiger partial charge in [-0.2, -0.15) is 0 Å². The van der Waals surface area contributed by atoms with E-state index in [-0.39, 0.29) is 50.3 Å². The van der Waals surface area contributed by atoms with Gasteiger partial charge < -0.3 is 15.4 Å². The van der Waals surface area contributed by atoms with Gasteiger partial charge in [-0.25, -0.2) is 4.79 Å². The molecule has 7 heteroatoms. The van der Waals surface area contributed by atoms with E-state index in [1.807, 2.05) is 0 Å². The van der Waals surface area contributed by atoms with Crippen molar-refractivity contribution in [2.24, 2.45) is 0 Å². The molecule has 0 spiro atoms. The van der Waals surface area contributed by atoms with Crippen LogP contribution in [0.15, 0.2) is 66.7 Å². The highest BCUT2D eigenvalue weighted by Crippen LogP contribution is 2.36. The predicted octanol–water partition coefficient (Wildman–Crippen LogP) is 3.89. The smallest absolute Gasteiger partial charge is 0.336 e. The van der Waals surface area contributed by atoms with Crippen LogP contribution in [0.5, 0.6) is 0 Å². The van der Waals surface area contributed by atoms with Crippen molar-refractivity contribution in [3.8, 4) is 0 Å². The van der Waals surface area contributed by atoms with Crippen LogP contribution >= 0.6 is 0 Å². The molecule has 0 atom stereocenters. The zero-order chi connectivity index (χ0) is 21.7. The largest absolute Gasteiger partial charge is 0.478 e. The van der Waals surface area contributed by atoms with Gasteiger partial charge in [-0.15, -0.1) is 0 Å². The van der Waals surface area contributed by atoms with Crippen molar-refractivity contribution in [1.82, 2.24) is 4.98 Å². The quantitative estimate of drug-likeness (QED) is 0.417. The lowest BCUT2D eigenvalue weighted by Crippen LogP contribution is -2.20. The fourth-order valence-electron chi connectivity index (χ4n) is 3.91. The molecule has 0 radical (unpaired) electrons. The van der Waals surface area contributed by atoms with Crippen LogP contribution in [-0.4, -0.2) is 33.5 Å². The van der Waals surface area contributed by atoms with Crippen LogP contribution in [-0.2, 0) is 0 Å². The maximum Gasteiger partial charge on any atom is 0.336 e. The number of aromatic nitrogens is 1. The minimum Gasteiger partial charge on any atom is -0.478 e. The summed E-state index contributed by atoms with van der Waals surface area (Å²) in [6.45, 7) is 0. The summed E-state index contributed by atoms with van der Waals surface area (Å²) in [5.74, 6) is -2.48. The minimum absolute atomic E-state index is 0.0389. The van der Waals surface area contributed by atoms with E-state index < -0.39 is 17.7 Å². The molecular formula is C24H14N2O5. The first-order chi connectivity index (χ1) is 15.0. The van der Waals surface area contributed by atoms with Crippen molar-refractivity contribution in [2.45, 2.75) is 0 Å². The number of fused-ring (bicyclic) bond motifs is 4. The van der Waals surface area contributed by atoms with Gasteiger partial charge in [0, 0.05) is 33.3 Å². The van der Waals surface area contributed by atoms with Crippen LogP contribution in [0.4, 0.5) is 5.69 Å². The second kappa shape index (κ2) is 6.77. The molecule has 3 aromatic carbocycles. The molecule has 1 aliphatic rings. The Bertz CT molecular complexity index is 1430. The third-order valence-corrected chi connectivity index (χ3v) is 5.29. The summed E-state index contributed by atoms with van der Waals surface area (Å²) in [7, 11) is 0. The molecule has 3 N–H and O–H groups in total. The zero-order valence-electron chi connectivity index (χ0n) is 15.9. The molecule has 0 aliphatic heterocycles. The second-order valence-corrected chi connectivity index (χ2v) is 7.15. The van der Waals surface area contributed by atoms with Gasteiger partial charge >= 0.3 is 5.97 Å². The van der Waals surface area contributed by atoms with Crippen molar-refractivity contribution < 1.29 is 24.3 Å². The van der Waals surface area contributed by atoms with Crippen LogP contribution in [0, 0.1) is 0 Å². The Hall–Kier alpha value is -4.52. The number of benzene rings is 3. The van der Waals surface area contributed by atoms with Gasteiger partial charge in [0.2, 0.25) is 5.78 Å². The molecule has 0 saturated carbocycles. The van der Waals surface area contributed by atoms with Crippen molar-refractivity contribution in [3.63, 3.8) is 0 Å². The molecular weight excluding hydrogens is 396 g/mol. The number of carboxylic acid groups (broad SMARTS) is 1. The number of H-pyrrole nitrogens is 1. The molecule has 7 nitrogen and oxygen atoms in total. The Labute approximate surface area is 175 Å². The first kappa shape index (κ1) is 18.5. The number of ketones is 2. The van der Waals surface area contributed by atoms with Gasteiger partial charge in [-0.05, 0) is 24.3 Å². The molecule has 150 valence electrons. The fourth-order valence-corrected chi connectivity index (χ4v) is 3.91. The number of carbonyl (C=O) groups excluding carboxylic acids is 3. The van der Waals surface area contributed by atoms with Crippen LogP contribution in [0.25, 0.3) is 10.9 Å². The lowest BCUT2D eigenvalue weighted by atomic mass is 9.86. The van der Waals surface area contributed by atoms with E-state index in [2.05, 4.69) is 10.3 Å². The zero-order valence-corrected chi connectivity index (χ0v) is 15.9. The van der Waals surface area contributed by atoms with Crippen LogP contribution < -0.4 is 5.32 Å². The molecule has 1 aromatic heterocycles. The predicted molar refractivity (Wildman–Crippen MR) is 113 cm³/mol. The number of carboxylic acids is 1. The highest BCUT2D eigenvalue weighted by atomic mass is 16.4. The first-order valence-corrected chi connectivity index (χ1v) is 9.43. The molecule has 0 bridgehead atoms. The number of aromatic amines is 1. The topological polar surface area (TPSA) is 116 Å². The van der Waals surface area contributed by atoms with E-state index in [0.717, 1.165) is 0 Å². The van der Waals surface area contributed by atoms with Crippen molar-refractivity contribution in [3.05, 3.63) is 100 Å². The van der Waals surface area contributed by atoms with Crippen LogP contribution in [0.2, 0.25) is 0 Å². The molecule has 4 aromatic rings. The monoisotopic (exact) mass is 410 g/mol. The second-order valence-electron chi connectivity index (χ2n) is 7.15. The number of hydrogen-bond donors (Lipinski definition) is 3. The highest BCUT2D eigenvalue weighted by Gasteiger charge is 2.34. The van der Waals surface area contributed by atoms with Gasteiger partial charge in [0.1, 0.15) is 0 Å². The number of rotatable bonds is 3. The average molecular weight is 410 g/mol. The van der Waals surface area contributed by atoms with Gasteiger partial charge in [-0.3, -0.25) is 14.4 Å². The molecule has 1 aliphatic carbocycles. The SMILES string of the molecule is O=C(Nc1cc(C(=O)O)c2c3c([nH]c2c1)C(=O)c1ccccc1C3=O)c1ccccc1. The number of hydrogen-bond acceptors (Lipinski definition) is 4. The Morgan fingerprint density at radius 2 is 1.48 bits per heavy atom. The molecule has 0 fully saturated rings. The van der Waals surface area contributed by atoms with Crippen molar-refractivity contribution in [2.75, 3.05) is 5.32 Å². The summed E-state index contributed by atoms with van der Waals surface area (Å²) in [6, 6.07) is 17.7. The third-order valence-electron chi connectivity index (χ3n) is 5.29. The normalized spacial score (nSPS) is 12.4. The fraction of sp³-hybridized carbons (Fsp3) is 0. The molecule has 1 amide bonds. The van der Waals surface area contributed by atoms with Crippen molar-refractivity contribution in [1.29, 1.82) is 0 Å². The number of nitrogens with one attached hydrogen (secondary N) is 2. The maximum absolute atomic E-state index is 13.1. The number of carbonyl (C=O) groups is 4. The van der Waals surface area contributed by atoms with Crippen LogP contribution in [0.1, 0.15) is 52.7 Å². The summed E-state index contributed by atoms with van der Waals surface area (Å²) in [4.78, 5) is 53.5. The molecule has 0 unspecified atom stereocenters. The summed E-state index contributed by atoms with van der Waals surface area (Å²) in [5.41, 5.74) is 1.33. The van der Waals surface area contributed by atoms with E-state index >= 15 is 0 Å². The number of anilines is 1. The summed E-state index contributed by atoms with van der Waals surface area (Å²) in [6.07, 6.45) is 0. The maximum atomic E-state index is 13.1. The summed E-state index contributed by atoms with van der Waals surface area (Å²) < 4.78 is 0. The van der Waals surface area contributed by atoms with Crippen LogP contribution in [0.3, 0.4) is 0 Å². The summed E-state index contributed by atoms with van der Waals surface area (Å²) in [5, 5.41) is 12.6. The third kappa shape index (κ3) is 2.83. The van der Waals surface area contributed by atoms with Gasteiger partial charge in [-0.1, -0.05) is 42.5 Å². The average Bonchev–Trinajstić information content (AvgIpc) is 3.17. The Morgan fingerprint density at radius 3 is 2.16 bits per heavy atom. The lowest BCUT2D eigenvalue weighted by Gasteiger charge is -2.14. The van der Waals surface area contributed by atoms with E-state index in [4.69, 9.17) is 0 Å². The molecule has 0 saturated heterocycles. The highest BCUT2D eigenvalue weighted by molar-refractivity contribution is 6.33. The van der Waals surface area contributed by atoms with E-state index in [1.54, 1.807) is 54.6 Å². The van der Waals surface area contributed by atoms with Gasteiger partial charge in [0.05, 0.1) is 16.8 Å². The van der Waals surface area contributed by atoms with Crippen molar-refractivity contribution >= 4 is 40.0 Å². The number of aromatic carboxylic acids is 1. The van der Waals surface area contributed by atoms with Gasteiger partial charge in [0.15, 0.2) is 5.78 Å². The number of amides is 1. The lowest BCUT2D eigenvalue weighted by molar-refractivity contribution is 0.0698. The first-order valence-electron chi connectivity index (χ1n) is 9.43. The Morgan fingerprint density at radius 1 is 0.839 bits per heavy atom. The summed E-state index contributed by atoms with van der Waals surface area (Å²) >= 11 is 0. The Balaban J connectivity index is 1.68. The van der Waals surface area contributed by atoms with Gasteiger partial charge in [0.25, 0.3) is 5.91 Å². The Kier molecular flexibility index (Phi) is 4.04. The standard InChI is InChI=1S/C24H14N2O5/c27-21-14-8-4-5-9-15(14)22(28)20-19(21)18-16(24(30)31)10-13(11-17(18)26-20)25-23(29)12-6-2-1-3-7-12/h1-11,26H,(H,25,29)(H,30,31). The van der Waals surface area contributed by atoms with E-state index in [0.29, 0.717) is 5.56 Å². The van der Waals surface area contributed by atoms with E-state index in [9.17, 15) is 24.3 Å². The van der Waals surface area contributed by atoms with E-state index in [1.165, 1.54) is 12.1 Å². The minimum atomic E-state index is -1.28. The molecule has 5 rings (SSSR count). The molecule has 1 heterocycles.